The molecule has 1 saturated heterocycles. The normalized spacial score (nSPS) is 19.8. The third-order valence-corrected chi connectivity index (χ3v) is 3.55. The lowest BCUT2D eigenvalue weighted by molar-refractivity contribution is 0.0672. The van der Waals surface area contributed by atoms with Gasteiger partial charge in [0.05, 0.1) is 0 Å². The standard InChI is InChI=1S/C12H17O2P.C2H6/c1-10-5-4-6-11(9-10)14-15-12-7-2-3-8-13-12;1-2/h4-6,9,12,15H,2-3,7-8H2,1H3;1-2H3. The molecule has 2 nitrogen and oxygen atoms in total. The largest absolute Gasteiger partial charge is 0.475 e. The number of rotatable bonds is 3. The average molecular weight is 254 g/mol. The van der Waals surface area contributed by atoms with Crippen LogP contribution < -0.4 is 4.52 Å². The van der Waals surface area contributed by atoms with Gasteiger partial charge in [-0.15, -0.1) is 0 Å². The molecule has 0 radical (unpaired) electrons. The molecule has 0 spiro atoms. The summed E-state index contributed by atoms with van der Waals surface area (Å²) in [6.07, 6.45) is 3.62. The van der Waals surface area contributed by atoms with Gasteiger partial charge in [0.25, 0.3) is 0 Å². The number of hydrogen-bond donors (Lipinski definition) is 0. The highest BCUT2D eigenvalue weighted by atomic mass is 31.1. The molecule has 0 aromatic heterocycles. The van der Waals surface area contributed by atoms with E-state index in [2.05, 4.69) is 19.1 Å². The number of hydrogen-bond acceptors (Lipinski definition) is 2. The van der Waals surface area contributed by atoms with Crippen LogP contribution >= 0.6 is 8.81 Å². The van der Waals surface area contributed by atoms with Crippen molar-refractivity contribution in [2.45, 2.75) is 45.9 Å². The lowest BCUT2D eigenvalue weighted by Crippen LogP contribution is -2.14. The monoisotopic (exact) mass is 254 g/mol. The Balaban J connectivity index is 0.000000686. The lowest BCUT2D eigenvalue weighted by Gasteiger charge is -2.22. The fourth-order valence-corrected chi connectivity index (χ4v) is 2.55. The van der Waals surface area contributed by atoms with Gasteiger partial charge in [0, 0.05) is 6.61 Å². The molecule has 1 aliphatic rings. The highest BCUT2D eigenvalue weighted by Crippen LogP contribution is 2.31. The number of ether oxygens (including phenoxy) is 1. The van der Waals surface area contributed by atoms with Crippen molar-refractivity contribution in [3.8, 4) is 5.75 Å². The van der Waals surface area contributed by atoms with Crippen LogP contribution in [0, 0.1) is 6.92 Å². The minimum absolute atomic E-state index is 0.319. The molecule has 0 aliphatic carbocycles. The van der Waals surface area contributed by atoms with Crippen LogP contribution in [0.15, 0.2) is 24.3 Å². The first-order valence-electron chi connectivity index (χ1n) is 6.45. The zero-order valence-electron chi connectivity index (χ0n) is 11.0. The van der Waals surface area contributed by atoms with Crippen LogP contribution in [-0.4, -0.2) is 12.5 Å². The maximum absolute atomic E-state index is 5.73. The van der Waals surface area contributed by atoms with Gasteiger partial charge in [0.1, 0.15) is 20.4 Å². The van der Waals surface area contributed by atoms with Crippen LogP contribution in [0.2, 0.25) is 0 Å². The SMILES string of the molecule is CC.Cc1cccc(OPC2CCCCO2)c1. The topological polar surface area (TPSA) is 18.5 Å². The second kappa shape index (κ2) is 8.49. The van der Waals surface area contributed by atoms with Crippen LogP contribution in [-0.2, 0) is 4.74 Å². The van der Waals surface area contributed by atoms with Gasteiger partial charge in [-0.05, 0) is 43.9 Å². The molecule has 1 aromatic carbocycles. The van der Waals surface area contributed by atoms with E-state index in [1.807, 2.05) is 26.0 Å². The van der Waals surface area contributed by atoms with Crippen molar-refractivity contribution >= 4 is 8.81 Å². The van der Waals surface area contributed by atoms with E-state index in [0.717, 1.165) is 18.8 Å². The van der Waals surface area contributed by atoms with E-state index >= 15 is 0 Å². The fourth-order valence-electron chi connectivity index (χ4n) is 1.65. The Morgan fingerprint density at radius 1 is 1.29 bits per heavy atom. The summed E-state index contributed by atoms with van der Waals surface area (Å²) in [5, 5.41) is 0. The van der Waals surface area contributed by atoms with Crippen LogP contribution in [0.25, 0.3) is 0 Å². The van der Waals surface area contributed by atoms with Crippen molar-refractivity contribution in [3.63, 3.8) is 0 Å². The van der Waals surface area contributed by atoms with Crippen LogP contribution in [0.3, 0.4) is 0 Å². The van der Waals surface area contributed by atoms with E-state index in [0.29, 0.717) is 14.7 Å². The summed E-state index contributed by atoms with van der Waals surface area (Å²) in [5.74, 6) is 1.28. The molecule has 2 rings (SSSR count). The molecular weight excluding hydrogens is 231 g/mol. The zero-order valence-corrected chi connectivity index (χ0v) is 12.0. The predicted molar refractivity (Wildman–Crippen MR) is 75.1 cm³/mol. The molecule has 96 valence electrons. The fraction of sp³-hybridized carbons (Fsp3) is 0.571. The molecule has 2 atom stereocenters. The zero-order chi connectivity index (χ0) is 12.5. The van der Waals surface area contributed by atoms with Gasteiger partial charge in [0.2, 0.25) is 0 Å². The first-order valence-corrected chi connectivity index (χ1v) is 7.44. The highest BCUT2D eigenvalue weighted by molar-refractivity contribution is 7.33. The van der Waals surface area contributed by atoms with Crippen molar-refractivity contribution in [2.75, 3.05) is 6.61 Å². The molecule has 1 heterocycles. The van der Waals surface area contributed by atoms with Crippen molar-refractivity contribution in [1.29, 1.82) is 0 Å². The van der Waals surface area contributed by atoms with Gasteiger partial charge in [-0.3, -0.25) is 0 Å². The van der Waals surface area contributed by atoms with Gasteiger partial charge in [-0.25, -0.2) is 0 Å². The molecular formula is C14H23O2P. The highest BCUT2D eigenvalue weighted by Gasteiger charge is 2.14. The van der Waals surface area contributed by atoms with E-state index in [4.69, 9.17) is 9.26 Å². The Hall–Kier alpha value is -0.590. The van der Waals surface area contributed by atoms with Gasteiger partial charge in [-0.2, -0.15) is 0 Å². The summed E-state index contributed by atoms with van der Waals surface area (Å²) in [6, 6.07) is 8.17. The third-order valence-electron chi connectivity index (χ3n) is 2.48. The minimum atomic E-state index is 0.319. The van der Waals surface area contributed by atoms with Crippen molar-refractivity contribution < 1.29 is 9.26 Å². The van der Waals surface area contributed by atoms with Crippen LogP contribution in [0.5, 0.6) is 5.75 Å². The Morgan fingerprint density at radius 2 is 2.12 bits per heavy atom. The molecule has 2 unspecified atom stereocenters. The Labute approximate surface area is 107 Å². The Kier molecular flexibility index (Phi) is 7.23. The number of benzene rings is 1. The molecule has 1 aliphatic heterocycles. The number of aryl methyl sites for hydroxylation is 1. The molecule has 1 fully saturated rings. The molecule has 3 heteroatoms. The van der Waals surface area contributed by atoms with Crippen LogP contribution in [0.1, 0.15) is 38.7 Å². The molecule has 17 heavy (non-hydrogen) atoms. The summed E-state index contributed by atoms with van der Waals surface area (Å²) in [5.41, 5.74) is 1.24. The van der Waals surface area contributed by atoms with Crippen molar-refractivity contribution in [1.82, 2.24) is 0 Å². The van der Waals surface area contributed by atoms with E-state index in [9.17, 15) is 0 Å². The summed E-state index contributed by atoms with van der Waals surface area (Å²) in [7, 11) is 0.433. The molecule has 1 aromatic rings. The molecule has 0 bridgehead atoms. The summed E-state index contributed by atoms with van der Waals surface area (Å²) >= 11 is 0. The maximum atomic E-state index is 5.73. The first kappa shape index (κ1) is 14.5. The Morgan fingerprint density at radius 3 is 2.76 bits per heavy atom. The summed E-state index contributed by atoms with van der Waals surface area (Å²) < 4.78 is 11.3. The second-order valence-electron chi connectivity index (χ2n) is 3.89. The van der Waals surface area contributed by atoms with Gasteiger partial charge in [-0.1, -0.05) is 26.0 Å². The summed E-state index contributed by atoms with van der Waals surface area (Å²) in [6.45, 7) is 6.97. The molecule has 0 N–H and O–H groups in total. The van der Waals surface area contributed by atoms with E-state index < -0.39 is 0 Å². The van der Waals surface area contributed by atoms with E-state index in [1.165, 1.54) is 18.4 Å². The quantitative estimate of drug-likeness (QED) is 0.738. The first-order chi connectivity index (χ1) is 8.34. The third kappa shape index (κ3) is 5.52. The maximum Gasteiger partial charge on any atom is 0.123 e. The van der Waals surface area contributed by atoms with Crippen molar-refractivity contribution in [3.05, 3.63) is 29.8 Å². The average Bonchev–Trinajstić information content (AvgIpc) is 2.40. The second-order valence-corrected chi connectivity index (χ2v) is 4.98. The van der Waals surface area contributed by atoms with Crippen molar-refractivity contribution in [2.24, 2.45) is 0 Å². The molecule has 0 saturated carbocycles. The lowest BCUT2D eigenvalue weighted by atomic mass is 10.2. The van der Waals surface area contributed by atoms with Gasteiger partial charge in [0.15, 0.2) is 0 Å². The smallest absolute Gasteiger partial charge is 0.123 e. The molecule has 0 amide bonds. The van der Waals surface area contributed by atoms with E-state index in [-0.39, 0.29) is 0 Å². The van der Waals surface area contributed by atoms with Gasteiger partial charge < -0.3 is 9.26 Å². The van der Waals surface area contributed by atoms with E-state index in [1.54, 1.807) is 0 Å². The Bertz CT molecular complexity index is 309. The minimum Gasteiger partial charge on any atom is -0.475 e. The summed E-state index contributed by atoms with van der Waals surface area (Å²) in [4.78, 5) is 0. The van der Waals surface area contributed by atoms with Crippen LogP contribution in [0.4, 0.5) is 0 Å². The predicted octanol–water partition coefficient (Wildman–Crippen LogP) is 4.52. The van der Waals surface area contributed by atoms with Gasteiger partial charge >= 0.3 is 0 Å².